The molecule has 20 heavy (non-hydrogen) atoms. The van der Waals surface area contributed by atoms with Crippen molar-refractivity contribution >= 4 is 53.9 Å². The monoisotopic (exact) mass is 344 g/mol. The molecule has 0 saturated carbocycles. The molecule has 0 amide bonds. The van der Waals surface area contributed by atoms with Crippen LogP contribution in [0, 0.1) is 0 Å². The van der Waals surface area contributed by atoms with Crippen LogP contribution in [0.15, 0.2) is 58.3 Å². The third-order valence-corrected chi connectivity index (χ3v) is 3.99. The van der Waals surface area contributed by atoms with Gasteiger partial charge >= 0.3 is 0 Å². The van der Waals surface area contributed by atoms with Gasteiger partial charge in [0.2, 0.25) is 0 Å². The van der Waals surface area contributed by atoms with Gasteiger partial charge in [0.15, 0.2) is 0 Å². The lowest BCUT2D eigenvalue weighted by Crippen LogP contribution is -1.79. The van der Waals surface area contributed by atoms with Gasteiger partial charge in [-0.25, -0.2) is 0 Å². The second kappa shape index (κ2) is 10.2. The van der Waals surface area contributed by atoms with Gasteiger partial charge in [0.05, 0.1) is 0 Å². The zero-order chi connectivity index (χ0) is 14.8. The molecule has 0 spiro atoms. The smallest absolute Gasteiger partial charge is 0.120 e. The second-order valence-electron chi connectivity index (χ2n) is 3.73. The zero-order valence-electron chi connectivity index (χ0n) is 10.6. The van der Waals surface area contributed by atoms with Gasteiger partial charge in [-0.3, -0.25) is 0 Å². The molecule has 0 aliphatic carbocycles. The lowest BCUT2D eigenvalue weighted by Gasteiger charge is -1.97. The summed E-state index contributed by atoms with van der Waals surface area (Å²) in [6.07, 6.45) is 1.54. The summed E-state index contributed by atoms with van der Waals surface area (Å²) < 4.78 is 0. The van der Waals surface area contributed by atoms with E-state index in [1.807, 2.05) is 48.5 Å². The number of thiol groups is 1. The Bertz CT molecular complexity index is 491. The van der Waals surface area contributed by atoms with Crippen LogP contribution < -0.4 is 0 Å². The number of hydrogen-bond acceptors (Lipinski definition) is 3. The SMILES string of the molecule is O=CCCSc1ccc(Cl)cc1.Sc1ccc(Cl)cc1. The van der Waals surface area contributed by atoms with Crippen LogP contribution in [0.5, 0.6) is 0 Å². The number of benzene rings is 2. The maximum atomic E-state index is 10.0. The number of carbonyl (C=O) groups excluding carboxylic acids is 1. The van der Waals surface area contributed by atoms with Crippen LogP contribution in [0.25, 0.3) is 0 Å². The van der Waals surface area contributed by atoms with Gasteiger partial charge < -0.3 is 4.79 Å². The summed E-state index contributed by atoms with van der Waals surface area (Å²) in [4.78, 5) is 12.1. The van der Waals surface area contributed by atoms with Crippen LogP contribution in [0.4, 0.5) is 0 Å². The summed E-state index contributed by atoms with van der Waals surface area (Å²) in [6.45, 7) is 0. The van der Waals surface area contributed by atoms with Crippen LogP contribution >= 0.6 is 47.6 Å². The predicted molar refractivity (Wildman–Crippen MR) is 91.6 cm³/mol. The van der Waals surface area contributed by atoms with E-state index in [9.17, 15) is 4.79 Å². The number of rotatable bonds is 4. The van der Waals surface area contributed by atoms with Gasteiger partial charge in [-0.15, -0.1) is 24.4 Å². The molecular formula is C15H14Cl2OS2. The van der Waals surface area contributed by atoms with Gasteiger partial charge in [0, 0.05) is 32.0 Å². The predicted octanol–water partition coefficient (Wildman–Crippen LogP) is 5.65. The summed E-state index contributed by atoms with van der Waals surface area (Å²) in [6, 6.07) is 14.9. The molecule has 0 aliphatic rings. The fourth-order valence-corrected chi connectivity index (χ4v) is 2.38. The molecule has 1 nitrogen and oxygen atoms in total. The van der Waals surface area contributed by atoms with Gasteiger partial charge in [0.25, 0.3) is 0 Å². The first-order valence-corrected chi connectivity index (χ1v) is 8.07. The van der Waals surface area contributed by atoms with Crippen LogP contribution in [-0.4, -0.2) is 12.0 Å². The van der Waals surface area contributed by atoms with E-state index in [2.05, 4.69) is 12.6 Å². The molecule has 5 heteroatoms. The van der Waals surface area contributed by atoms with Crippen molar-refractivity contribution in [1.29, 1.82) is 0 Å². The Balaban J connectivity index is 0.000000217. The van der Waals surface area contributed by atoms with Crippen molar-refractivity contribution < 1.29 is 4.79 Å². The molecule has 0 bridgehead atoms. The number of thioether (sulfide) groups is 1. The Hall–Kier alpha value is -0.610. The van der Waals surface area contributed by atoms with E-state index in [0.717, 1.165) is 31.9 Å². The number of carbonyl (C=O) groups is 1. The van der Waals surface area contributed by atoms with E-state index in [0.29, 0.717) is 6.42 Å². The molecule has 0 unspecified atom stereocenters. The lowest BCUT2D eigenvalue weighted by molar-refractivity contribution is -0.107. The van der Waals surface area contributed by atoms with E-state index in [1.165, 1.54) is 0 Å². The third kappa shape index (κ3) is 7.85. The average Bonchev–Trinajstić information content (AvgIpc) is 2.45. The van der Waals surface area contributed by atoms with Crippen LogP contribution in [0.3, 0.4) is 0 Å². The molecular weight excluding hydrogens is 331 g/mol. The van der Waals surface area contributed by atoms with E-state index in [4.69, 9.17) is 23.2 Å². The molecule has 2 aromatic carbocycles. The molecule has 0 fully saturated rings. The molecule has 106 valence electrons. The first-order chi connectivity index (χ1) is 9.61. The van der Waals surface area contributed by atoms with Crippen molar-refractivity contribution in [3.63, 3.8) is 0 Å². The average molecular weight is 345 g/mol. The normalized spacial score (nSPS) is 9.55. The second-order valence-corrected chi connectivity index (χ2v) is 6.29. The molecule has 2 aromatic rings. The van der Waals surface area contributed by atoms with Crippen molar-refractivity contribution in [3.05, 3.63) is 58.6 Å². The van der Waals surface area contributed by atoms with Crippen molar-refractivity contribution in [2.75, 3.05) is 5.75 Å². The van der Waals surface area contributed by atoms with Crippen LogP contribution in [0.1, 0.15) is 6.42 Å². The van der Waals surface area contributed by atoms with Crippen LogP contribution in [-0.2, 0) is 4.79 Å². The largest absolute Gasteiger partial charge is 0.303 e. The van der Waals surface area contributed by atoms with Crippen LogP contribution in [0.2, 0.25) is 10.0 Å². The van der Waals surface area contributed by atoms with E-state index >= 15 is 0 Å². The number of aldehydes is 1. The van der Waals surface area contributed by atoms with Gasteiger partial charge in [-0.1, -0.05) is 23.2 Å². The fourth-order valence-electron chi connectivity index (χ4n) is 1.20. The number of hydrogen-bond donors (Lipinski definition) is 1. The molecule has 0 aromatic heterocycles. The summed E-state index contributed by atoms with van der Waals surface area (Å²) >= 11 is 17.0. The highest BCUT2D eigenvalue weighted by Crippen LogP contribution is 2.20. The van der Waals surface area contributed by atoms with Crippen molar-refractivity contribution in [3.8, 4) is 0 Å². The Morgan fingerprint density at radius 2 is 1.45 bits per heavy atom. The molecule has 0 N–H and O–H groups in total. The lowest BCUT2D eigenvalue weighted by atomic mass is 10.4. The van der Waals surface area contributed by atoms with E-state index < -0.39 is 0 Å². The van der Waals surface area contributed by atoms with E-state index in [1.54, 1.807) is 11.8 Å². The fraction of sp³-hybridized carbons (Fsp3) is 0.133. The van der Waals surface area contributed by atoms with Crippen molar-refractivity contribution in [2.24, 2.45) is 0 Å². The van der Waals surface area contributed by atoms with Crippen molar-refractivity contribution in [1.82, 2.24) is 0 Å². The van der Waals surface area contributed by atoms with Crippen molar-refractivity contribution in [2.45, 2.75) is 16.2 Å². The molecule has 2 rings (SSSR count). The molecule has 0 radical (unpaired) electrons. The summed E-state index contributed by atoms with van der Waals surface area (Å²) in [5.41, 5.74) is 0. The van der Waals surface area contributed by atoms with Gasteiger partial charge in [0.1, 0.15) is 6.29 Å². The highest BCUT2D eigenvalue weighted by atomic mass is 35.5. The standard InChI is InChI=1S/C9H9ClOS.C6H5ClS/c10-8-2-4-9(5-3-8)12-7-1-6-11;7-5-1-3-6(8)4-2-5/h2-6H,1,7H2;1-4,8H. The molecule has 0 atom stereocenters. The first kappa shape index (κ1) is 17.4. The maximum absolute atomic E-state index is 10.0. The maximum Gasteiger partial charge on any atom is 0.120 e. The minimum absolute atomic E-state index is 0.604. The Morgan fingerprint density at radius 3 is 1.90 bits per heavy atom. The Labute approximate surface area is 139 Å². The summed E-state index contributed by atoms with van der Waals surface area (Å²) in [5.74, 6) is 0.838. The minimum Gasteiger partial charge on any atom is -0.303 e. The Morgan fingerprint density at radius 1 is 0.950 bits per heavy atom. The molecule has 0 heterocycles. The quantitative estimate of drug-likeness (QED) is 0.334. The number of halogens is 2. The highest BCUT2D eigenvalue weighted by molar-refractivity contribution is 7.99. The topological polar surface area (TPSA) is 17.1 Å². The third-order valence-electron chi connectivity index (χ3n) is 2.14. The zero-order valence-corrected chi connectivity index (χ0v) is 13.9. The van der Waals surface area contributed by atoms with Gasteiger partial charge in [-0.05, 0) is 48.5 Å². The highest BCUT2D eigenvalue weighted by Gasteiger charge is 1.92. The summed E-state index contributed by atoms with van der Waals surface area (Å²) in [5, 5.41) is 1.50. The molecule has 0 aliphatic heterocycles. The molecule has 0 saturated heterocycles. The Kier molecular flexibility index (Phi) is 8.86. The first-order valence-electron chi connectivity index (χ1n) is 5.88. The minimum atomic E-state index is 0.604. The summed E-state index contributed by atoms with van der Waals surface area (Å²) in [7, 11) is 0. The van der Waals surface area contributed by atoms with E-state index in [-0.39, 0.29) is 0 Å². The van der Waals surface area contributed by atoms with Gasteiger partial charge in [-0.2, -0.15) is 0 Å².